The molecule has 0 aliphatic heterocycles. The summed E-state index contributed by atoms with van der Waals surface area (Å²) in [6, 6.07) is 13.5. The quantitative estimate of drug-likeness (QED) is 0.0593. The number of esters is 1. The van der Waals surface area contributed by atoms with Crippen LogP contribution in [0.2, 0.25) is 0 Å². The van der Waals surface area contributed by atoms with Gasteiger partial charge in [-0.25, -0.2) is 0 Å². The van der Waals surface area contributed by atoms with Crippen LogP contribution in [0.5, 0.6) is 17.2 Å². The Morgan fingerprint density at radius 3 is 1.43 bits per heavy atom. The maximum absolute atomic E-state index is 11.7. The summed E-state index contributed by atoms with van der Waals surface area (Å²) in [5.74, 6) is 3.02. The van der Waals surface area contributed by atoms with Crippen molar-refractivity contribution in [2.24, 2.45) is 5.92 Å². The molecule has 0 aliphatic carbocycles. The largest absolute Gasteiger partial charge is 0.469 e. The van der Waals surface area contributed by atoms with Crippen molar-refractivity contribution < 1.29 is 36.9 Å². The van der Waals surface area contributed by atoms with E-state index in [1.807, 2.05) is 13.6 Å². The Bertz CT molecular complexity index is 1940. The SMILES string of the molecule is CCOP(Oc1c(C)cc(C(C)(C)C)cc1C(C)(C)C)Oc1c(C)cc(C(C)(C)C)cc1C(C)(C)C.COCCCCCCOP(C)Oc1c(CC(C)C)cc(CCC(=O)OC)cc1C(C)(C)C. The molecule has 0 radical (unpaired) electrons. The molecule has 1 atom stereocenters. The maximum Gasteiger partial charge on any atom is 0.463 e. The molecule has 0 saturated carbocycles. The predicted octanol–water partition coefficient (Wildman–Crippen LogP) is 17.0. The lowest BCUT2D eigenvalue weighted by molar-refractivity contribution is -0.140. The van der Waals surface area contributed by atoms with Crippen LogP contribution in [-0.2, 0) is 63.2 Å². The molecule has 3 aromatic rings. The highest BCUT2D eigenvalue weighted by atomic mass is 31.2. The van der Waals surface area contributed by atoms with E-state index in [1.165, 1.54) is 46.9 Å². The molecule has 386 valence electrons. The molecular weight excluding hydrogens is 887 g/mol. The summed E-state index contributed by atoms with van der Waals surface area (Å²) in [5, 5.41) is 0. The van der Waals surface area contributed by atoms with Gasteiger partial charge in [-0.05, 0) is 113 Å². The van der Waals surface area contributed by atoms with Gasteiger partial charge in [-0.15, -0.1) is 0 Å². The van der Waals surface area contributed by atoms with Crippen LogP contribution in [0.4, 0.5) is 0 Å². The van der Waals surface area contributed by atoms with Crippen LogP contribution in [0, 0.1) is 19.8 Å². The molecule has 10 heteroatoms. The molecule has 0 aliphatic rings. The zero-order valence-corrected chi connectivity index (χ0v) is 49.1. The predicted molar refractivity (Wildman–Crippen MR) is 291 cm³/mol. The number of unbranched alkanes of at least 4 members (excludes halogenated alkanes) is 3. The third-order valence-corrected chi connectivity index (χ3v) is 13.8. The lowest BCUT2D eigenvalue weighted by Gasteiger charge is -2.31. The smallest absolute Gasteiger partial charge is 0.463 e. The van der Waals surface area contributed by atoms with Crippen molar-refractivity contribution in [3.05, 3.63) is 86.5 Å². The Morgan fingerprint density at radius 1 is 0.574 bits per heavy atom. The first kappa shape index (κ1) is 61.4. The Kier molecular flexibility index (Phi) is 24.1. The van der Waals surface area contributed by atoms with Gasteiger partial charge in [0.25, 0.3) is 0 Å². The van der Waals surface area contributed by atoms with Crippen LogP contribution in [0.15, 0.2) is 36.4 Å². The van der Waals surface area contributed by atoms with Gasteiger partial charge in [0.1, 0.15) is 17.2 Å². The average molecular weight is 983 g/mol. The summed E-state index contributed by atoms with van der Waals surface area (Å²) in [7, 11) is 0.517. The molecule has 0 bridgehead atoms. The molecular formula is C58H96O8P2. The molecule has 0 spiro atoms. The second-order valence-corrected chi connectivity index (χ2v) is 26.4. The second kappa shape index (κ2) is 26.6. The number of hydrogen-bond donors (Lipinski definition) is 0. The fourth-order valence-corrected chi connectivity index (χ4v) is 9.70. The number of carbonyl (C=O) groups is 1. The van der Waals surface area contributed by atoms with Gasteiger partial charge in [0.2, 0.25) is 8.38 Å². The van der Waals surface area contributed by atoms with Crippen molar-refractivity contribution in [2.75, 3.05) is 40.7 Å². The van der Waals surface area contributed by atoms with Crippen LogP contribution in [0.25, 0.3) is 0 Å². The molecule has 0 saturated heterocycles. The van der Waals surface area contributed by atoms with Gasteiger partial charge < -0.3 is 27.6 Å². The molecule has 3 rings (SSSR count). The summed E-state index contributed by atoms with van der Waals surface area (Å²) in [5.41, 5.74) is 10.6. The van der Waals surface area contributed by atoms with Crippen LogP contribution >= 0.6 is 17.0 Å². The van der Waals surface area contributed by atoms with Crippen molar-refractivity contribution in [2.45, 2.75) is 210 Å². The number of methoxy groups -OCH3 is 2. The molecule has 0 amide bonds. The van der Waals surface area contributed by atoms with Crippen LogP contribution in [0.3, 0.4) is 0 Å². The van der Waals surface area contributed by atoms with Gasteiger partial charge in [-0.1, -0.05) is 167 Å². The minimum absolute atomic E-state index is 0.0535. The summed E-state index contributed by atoms with van der Waals surface area (Å²) >= 11 is 0. The van der Waals surface area contributed by atoms with Crippen molar-refractivity contribution in [3.8, 4) is 17.2 Å². The molecule has 0 fully saturated rings. The van der Waals surface area contributed by atoms with E-state index >= 15 is 0 Å². The van der Waals surface area contributed by atoms with Gasteiger partial charge in [0.05, 0.1) is 20.3 Å². The Hall–Kier alpha value is -2.73. The highest BCUT2D eigenvalue weighted by Gasteiger charge is 2.32. The monoisotopic (exact) mass is 983 g/mol. The Balaban J connectivity index is 0.000000470. The summed E-state index contributed by atoms with van der Waals surface area (Å²) in [6.07, 6.45) is 6.43. The summed E-state index contributed by atoms with van der Waals surface area (Å²) in [6.45, 7) is 48.3. The van der Waals surface area contributed by atoms with Crippen LogP contribution in [0.1, 0.15) is 207 Å². The Morgan fingerprint density at radius 2 is 1.03 bits per heavy atom. The number of rotatable bonds is 21. The molecule has 8 nitrogen and oxygen atoms in total. The van der Waals surface area contributed by atoms with Gasteiger partial charge in [-0.3, -0.25) is 9.32 Å². The zero-order chi connectivity index (χ0) is 52.0. The molecule has 0 N–H and O–H groups in total. The summed E-state index contributed by atoms with van der Waals surface area (Å²) < 4.78 is 41.9. The first-order chi connectivity index (χ1) is 31.2. The standard InChI is InChI=1S/C32H51O3P.C26H45O5P/c1-16-33-36(34-27-21(2)17-23(29(4,5)6)19-25(27)31(10,11)12)35-28-22(3)18-24(30(7,8)9)20-26(28)32(13,14)15;1-20(2)17-22-18-21(13-14-24(27)29-7)19-23(26(3,4)5)25(22)31-32(8)30-16-12-10-9-11-15-28-6/h17-20H,16H2,1-15H3;18-20H,9-17H2,1-8H3. The third kappa shape index (κ3) is 20.2. The highest BCUT2D eigenvalue weighted by molar-refractivity contribution is 7.46. The molecule has 0 aromatic heterocycles. The van der Waals surface area contributed by atoms with E-state index in [2.05, 4.69) is 168 Å². The fraction of sp³-hybridized carbons (Fsp3) is 0.672. The van der Waals surface area contributed by atoms with E-state index in [4.69, 9.17) is 32.1 Å². The number of benzene rings is 3. The average Bonchev–Trinajstić information content (AvgIpc) is 3.19. The number of aryl methyl sites for hydroxylation is 3. The second-order valence-electron chi connectivity index (χ2n) is 24.0. The minimum Gasteiger partial charge on any atom is -0.469 e. The molecule has 0 heterocycles. The lowest BCUT2D eigenvalue weighted by Crippen LogP contribution is -2.19. The number of hydrogen-bond acceptors (Lipinski definition) is 8. The van der Waals surface area contributed by atoms with E-state index in [1.54, 1.807) is 7.11 Å². The zero-order valence-electron chi connectivity index (χ0n) is 47.3. The van der Waals surface area contributed by atoms with Crippen molar-refractivity contribution >= 4 is 22.9 Å². The van der Waals surface area contributed by atoms with E-state index in [0.29, 0.717) is 25.4 Å². The van der Waals surface area contributed by atoms with Crippen LogP contribution < -0.4 is 13.6 Å². The van der Waals surface area contributed by atoms with E-state index in [9.17, 15) is 4.79 Å². The van der Waals surface area contributed by atoms with E-state index in [-0.39, 0.29) is 33.0 Å². The van der Waals surface area contributed by atoms with Crippen molar-refractivity contribution in [1.82, 2.24) is 0 Å². The van der Waals surface area contributed by atoms with Gasteiger partial charge in [0.15, 0.2) is 0 Å². The first-order valence-electron chi connectivity index (χ1n) is 25.1. The third-order valence-electron chi connectivity index (χ3n) is 11.7. The number of carbonyl (C=O) groups excluding carboxylic acids is 1. The van der Waals surface area contributed by atoms with Crippen molar-refractivity contribution in [3.63, 3.8) is 0 Å². The van der Waals surface area contributed by atoms with E-state index in [0.717, 1.165) is 72.8 Å². The van der Waals surface area contributed by atoms with Gasteiger partial charge in [0, 0.05) is 43.5 Å². The Labute approximate surface area is 419 Å². The van der Waals surface area contributed by atoms with Gasteiger partial charge in [-0.2, -0.15) is 0 Å². The summed E-state index contributed by atoms with van der Waals surface area (Å²) in [4.78, 5) is 11.7. The lowest BCUT2D eigenvalue weighted by atomic mass is 9.79. The van der Waals surface area contributed by atoms with Crippen LogP contribution in [-0.4, -0.2) is 46.7 Å². The molecule has 3 aromatic carbocycles. The molecule has 1 unspecified atom stereocenters. The molecule has 68 heavy (non-hydrogen) atoms. The van der Waals surface area contributed by atoms with Gasteiger partial charge >= 0.3 is 14.6 Å². The van der Waals surface area contributed by atoms with E-state index < -0.39 is 17.0 Å². The highest BCUT2D eigenvalue weighted by Crippen LogP contribution is 2.50. The van der Waals surface area contributed by atoms with Crippen molar-refractivity contribution in [1.29, 1.82) is 0 Å². The normalized spacial score (nSPS) is 13.1. The first-order valence-corrected chi connectivity index (χ1v) is 27.8. The fourth-order valence-electron chi connectivity index (χ4n) is 7.65. The number of ether oxygens (including phenoxy) is 2. The maximum atomic E-state index is 11.7. The minimum atomic E-state index is -1.65. The topological polar surface area (TPSA) is 81.7 Å².